The molecule has 4 nitrogen and oxygen atoms in total. The van der Waals surface area contributed by atoms with Gasteiger partial charge < -0.3 is 10.0 Å². The number of rotatable bonds is 3. The van der Waals surface area contributed by atoms with E-state index in [1.54, 1.807) is 0 Å². The number of carbonyl (C=O) groups excluding carboxylic acids is 1. The molecular weight excluding hydrogens is 281 g/mol. The Bertz CT molecular complexity index is 436. The Morgan fingerprint density at radius 3 is 2.69 bits per heavy atom. The Morgan fingerprint density at radius 2 is 2.12 bits per heavy atom. The molecule has 1 N–H and O–H groups in total. The average Bonchev–Trinajstić information content (AvgIpc) is 2.20. The summed E-state index contributed by atoms with van der Waals surface area (Å²) >= 11 is 2.95. The molecule has 0 saturated carbocycles. The molecular formula is C10H9BrFNO3. The molecule has 0 fully saturated rings. The number of halogens is 2. The number of carbonyl (C=O) groups is 2. The Morgan fingerprint density at radius 1 is 1.50 bits per heavy atom. The molecule has 0 aliphatic heterocycles. The van der Waals surface area contributed by atoms with Crippen LogP contribution in [-0.2, 0) is 4.79 Å². The van der Waals surface area contributed by atoms with Crippen molar-refractivity contribution in [3.63, 3.8) is 0 Å². The van der Waals surface area contributed by atoms with Gasteiger partial charge in [-0.3, -0.25) is 9.59 Å². The molecule has 1 aromatic carbocycles. The van der Waals surface area contributed by atoms with Crippen LogP contribution in [0, 0.1) is 5.82 Å². The van der Waals surface area contributed by atoms with Gasteiger partial charge in [0.1, 0.15) is 12.4 Å². The Labute approximate surface area is 99.8 Å². The van der Waals surface area contributed by atoms with Crippen molar-refractivity contribution >= 4 is 27.8 Å². The van der Waals surface area contributed by atoms with Gasteiger partial charge in [0.05, 0.1) is 10.0 Å². The monoisotopic (exact) mass is 289 g/mol. The van der Waals surface area contributed by atoms with Crippen LogP contribution in [0.2, 0.25) is 0 Å². The van der Waals surface area contributed by atoms with Crippen molar-refractivity contribution in [1.29, 1.82) is 0 Å². The summed E-state index contributed by atoms with van der Waals surface area (Å²) in [6.07, 6.45) is 0. The zero-order valence-corrected chi connectivity index (χ0v) is 9.99. The number of benzene rings is 1. The topological polar surface area (TPSA) is 57.6 Å². The highest BCUT2D eigenvalue weighted by atomic mass is 79.9. The van der Waals surface area contributed by atoms with Gasteiger partial charge in [-0.25, -0.2) is 4.39 Å². The summed E-state index contributed by atoms with van der Waals surface area (Å²) in [4.78, 5) is 23.1. The minimum absolute atomic E-state index is 0.0391. The highest BCUT2D eigenvalue weighted by molar-refractivity contribution is 9.10. The van der Waals surface area contributed by atoms with E-state index in [9.17, 15) is 14.0 Å². The van der Waals surface area contributed by atoms with Crippen molar-refractivity contribution in [3.05, 3.63) is 34.1 Å². The molecule has 16 heavy (non-hydrogen) atoms. The summed E-state index contributed by atoms with van der Waals surface area (Å²) in [6, 6.07) is 4.02. The van der Waals surface area contributed by atoms with E-state index in [0.717, 1.165) is 4.90 Å². The third-order valence-electron chi connectivity index (χ3n) is 1.90. The van der Waals surface area contributed by atoms with Gasteiger partial charge in [-0.2, -0.15) is 0 Å². The molecule has 1 rings (SSSR count). The number of carboxylic acids is 1. The molecule has 0 spiro atoms. The molecule has 0 aromatic heterocycles. The zero-order chi connectivity index (χ0) is 12.3. The molecule has 0 heterocycles. The van der Waals surface area contributed by atoms with Gasteiger partial charge in [-0.15, -0.1) is 0 Å². The van der Waals surface area contributed by atoms with Gasteiger partial charge in [0.25, 0.3) is 5.91 Å². The standard InChI is InChI=1S/C10H9BrFNO3/c1-13(5-8(14)15)10(16)6-3-2-4-7(12)9(6)11/h2-4H,5H2,1H3,(H,14,15). The highest BCUT2D eigenvalue weighted by Crippen LogP contribution is 2.21. The van der Waals surface area contributed by atoms with Gasteiger partial charge in [0, 0.05) is 7.05 Å². The Kier molecular flexibility index (Phi) is 4.00. The van der Waals surface area contributed by atoms with E-state index in [1.807, 2.05) is 0 Å². The second kappa shape index (κ2) is 5.07. The van der Waals surface area contributed by atoms with Crippen molar-refractivity contribution in [3.8, 4) is 0 Å². The maximum Gasteiger partial charge on any atom is 0.323 e. The van der Waals surface area contributed by atoms with Crippen LogP contribution in [0.1, 0.15) is 10.4 Å². The predicted octanol–water partition coefficient (Wildman–Crippen LogP) is 1.74. The first-order chi connectivity index (χ1) is 7.43. The lowest BCUT2D eigenvalue weighted by molar-refractivity contribution is -0.137. The van der Waals surface area contributed by atoms with Crippen molar-refractivity contribution in [2.45, 2.75) is 0 Å². The van der Waals surface area contributed by atoms with Crippen LogP contribution < -0.4 is 0 Å². The van der Waals surface area contributed by atoms with Crippen molar-refractivity contribution < 1.29 is 19.1 Å². The van der Waals surface area contributed by atoms with Crippen LogP contribution >= 0.6 is 15.9 Å². The second-order valence-corrected chi connectivity index (χ2v) is 3.95. The van der Waals surface area contributed by atoms with Crippen molar-refractivity contribution in [2.24, 2.45) is 0 Å². The SMILES string of the molecule is CN(CC(=O)O)C(=O)c1cccc(F)c1Br. The quantitative estimate of drug-likeness (QED) is 0.922. The Hall–Kier alpha value is -1.43. The fourth-order valence-electron chi connectivity index (χ4n) is 1.15. The van der Waals surface area contributed by atoms with Crippen LogP contribution in [0.15, 0.2) is 22.7 Å². The minimum Gasteiger partial charge on any atom is -0.480 e. The van der Waals surface area contributed by atoms with Crippen LogP contribution in [0.25, 0.3) is 0 Å². The van der Waals surface area contributed by atoms with Crippen LogP contribution in [-0.4, -0.2) is 35.5 Å². The second-order valence-electron chi connectivity index (χ2n) is 3.16. The predicted molar refractivity (Wildman–Crippen MR) is 58.7 cm³/mol. The molecule has 6 heteroatoms. The lowest BCUT2D eigenvalue weighted by atomic mass is 10.2. The number of aliphatic carboxylic acids is 1. The average molecular weight is 290 g/mol. The number of nitrogens with zero attached hydrogens (tertiary/aromatic N) is 1. The van der Waals surface area contributed by atoms with E-state index in [1.165, 1.54) is 25.2 Å². The molecule has 0 aliphatic rings. The van der Waals surface area contributed by atoms with Crippen molar-refractivity contribution in [1.82, 2.24) is 4.90 Å². The summed E-state index contributed by atoms with van der Waals surface area (Å²) in [7, 11) is 1.34. The van der Waals surface area contributed by atoms with Crippen LogP contribution in [0.4, 0.5) is 4.39 Å². The maximum absolute atomic E-state index is 13.1. The third-order valence-corrected chi connectivity index (χ3v) is 2.71. The maximum atomic E-state index is 13.1. The smallest absolute Gasteiger partial charge is 0.323 e. The number of hydrogen-bond donors (Lipinski definition) is 1. The van der Waals surface area contributed by atoms with E-state index in [0.29, 0.717) is 0 Å². The van der Waals surface area contributed by atoms with E-state index in [2.05, 4.69) is 15.9 Å². The van der Waals surface area contributed by atoms with Crippen LogP contribution in [0.3, 0.4) is 0 Å². The van der Waals surface area contributed by atoms with Crippen LogP contribution in [0.5, 0.6) is 0 Å². The molecule has 1 aromatic rings. The fraction of sp³-hybridized carbons (Fsp3) is 0.200. The van der Waals surface area contributed by atoms with Gasteiger partial charge in [0.15, 0.2) is 0 Å². The van der Waals surface area contributed by atoms with Gasteiger partial charge in [-0.1, -0.05) is 6.07 Å². The molecule has 0 saturated heterocycles. The highest BCUT2D eigenvalue weighted by Gasteiger charge is 2.18. The van der Waals surface area contributed by atoms with Crippen molar-refractivity contribution in [2.75, 3.05) is 13.6 Å². The summed E-state index contributed by atoms with van der Waals surface area (Å²) in [5, 5.41) is 8.52. The van der Waals surface area contributed by atoms with E-state index in [-0.39, 0.29) is 10.0 Å². The van der Waals surface area contributed by atoms with E-state index < -0.39 is 24.2 Å². The Balaban J connectivity index is 2.96. The number of amides is 1. The number of hydrogen-bond acceptors (Lipinski definition) is 2. The van der Waals surface area contributed by atoms with Gasteiger partial charge in [0.2, 0.25) is 0 Å². The molecule has 0 unspecified atom stereocenters. The molecule has 0 aliphatic carbocycles. The first-order valence-electron chi connectivity index (χ1n) is 4.34. The van der Waals surface area contributed by atoms with Gasteiger partial charge >= 0.3 is 5.97 Å². The largest absolute Gasteiger partial charge is 0.480 e. The summed E-state index contributed by atoms with van der Waals surface area (Å²) in [5.41, 5.74) is 0.101. The minimum atomic E-state index is -1.12. The first kappa shape index (κ1) is 12.6. The molecule has 0 atom stereocenters. The number of carboxylic acid groups (broad SMARTS) is 1. The number of likely N-dealkylation sites (N-methyl/N-ethyl adjacent to an activating group) is 1. The molecule has 0 radical (unpaired) electrons. The molecule has 86 valence electrons. The lowest BCUT2D eigenvalue weighted by Crippen LogP contribution is -2.32. The normalized spacial score (nSPS) is 9.94. The molecule has 1 amide bonds. The summed E-state index contributed by atoms with van der Waals surface area (Å²) < 4.78 is 13.2. The van der Waals surface area contributed by atoms with E-state index in [4.69, 9.17) is 5.11 Å². The zero-order valence-electron chi connectivity index (χ0n) is 8.41. The first-order valence-corrected chi connectivity index (χ1v) is 5.14. The summed E-state index contributed by atoms with van der Waals surface area (Å²) in [6.45, 7) is -0.429. The molecule has 0 bridgehead atoms. The summed E-state index contributed by atoms with van der Waals surface area (Å²) in [5.74, 6) is -2.23. The lowest BCUT2D eigenvalue weighted by Gasteiger charge is -2.15. The van der Waals surface area contributed by atoms with Gasteiger partial charge in [-0.05, 0) is 28.1 Å². The third kappa shape index (κ3) is 2.79. The fourth-order valence-corrected chi connectivity index (χ4v) is 1.58. The van der Waals surface area contributed by atoms with E-state index >= 15 is 0 Å².